The Balaban J connectivity index is 2.61. The highest BCUT2D eigenvalue weighted by Gasteiger charge is 2.22. The highest BCUT2D eigenvalue weighted by atomic mass is 16.6. The summed E-state index contributed by atoms with van der Waals surface area (Å²) in [6.07, 6.45) is -0.859. The number of hydrogen-bond acceptors (Lipinski definition) is 4. The van der Waals surface area contributed by atoms with Gasteiger partial charge in [0.05, 0.1) is 0 Å². The van der Waals surface area contributed by atoms with Gasteiger partial charge in [0, 0.05) is 5.54 Å². The van der Waals surface area contributed by atoms with Crippen molar-refractivity contribution in [2.75, 3.05) is 6.61 Å². The second kappa shape index (κ2) is 8.18. The van der Waals surface area contributed by atoms with Gasteiger partial charge in [-0.25, -0.2) is 4.79 Å². The molecule has 0 saturated heterocycles. The third-order valence-corrected chi connectivity index (χ3v) is 3.31. The predicted molar refractivity (Wildman–Crippen MR) is 94.2 cm³/mol. The molecule has 1 amide bonds. The Labute approximate surface area is 144 Å². The fourth-order valence-corrected chi connectivity index (χ4v) is 2.14. The lowest BCUT2D eigenvalue weighted by Crippen LogP contribution is -2.46. The van der Waals surface area contributed by atoms with Crippen molar-refractivity contribution in [2.24, 2.45) is 0 Å². The molecule has 0 aromatic heterocycles. The van der Waals surface area contributed by atoms with E-state index in [4.69, 9.17) is 9.47 Å². The normalized spacial score (nSPS) is 12.7. The van der Waals surface area contributed by atoms with Crippen LogP contribution >= 0.6 is 0 Å². The summed E-state index contributed by atoms with van der Waals surface area (Å²) < 4.78 is 10.8. The first-order valence-electron chi connectivity index (χ1n) is 8.24. The van der Waals surface area contributed by atoms with E-state index >= 15 is 0 Å². The molecule has 0 heterocycles. The number of esters is 1. The number of nitrogens with one attached hydrogen (secondary N) is 1. The molecule has 134 valence electrons. The van der Waals surface area contributed by atoms with E-state index in [0.29, 0.717) is 5.75 Å². The van der Waals surface area contributed by atoms with Crippen LogP contribution in [0.5, 0.6) is 5.75 Å². The summed E-state index contributed by atoms with van der Waals surface area (Å²) >= 11 is 0. The van der Waals surface area contributed by atoms with Gasteiger partial charge in [0.15, 0.2) is 12.7 Å². The third-order valence-electron chi connectivity index (χ3n) is 3.31. The van der Waals surface area contributed by atoms with Crippen molar-refractivity contribution >= 4 is 11.9 Å². The summed E-state index contributed by atoms with van der Waals surface area (Å²) in [5, 5.41) is 2.77. The van der Waals surface area contributed by atoms with Crippen molar-refractivity contribution in [3.8, 4) is 5.75 Å². The molecule has 1 unspecified atom stereocenters. The fraction of sp³-hybridized carbons (Fsp3) is 0.579. The number of hydrogen-bond donors (Lipinski definition) is 1. The van der Waals surface area contributed by atoms with Gasteiger partial charge >= 0.3 is 5.97 Å². The summed E-state index contributed by atoms with van der Waals surface area (Å²) in [5.74, 6) is 0.0684. The molecule has 0 aliphatic rings. The second-order valence-electron chi connectivity index (χ2n) is 7.36. The third kappa shape index (κ3) is 6.60. The van der Waals surface area contributed by atoms with Crippen LogP contribution in [0.3, 0.4) is 0 Å². The molecular formula is C19H29NO4. The van der Waals surface area contributed by atoms with Crippen LogP contribution < -0.4 is 10.1 Å². The van der Waals surface area contributed by atoms with Gasteiger partial charge in [0.25, 0.3) is 5.91 Å². The van der Waals surface area contributed by atoms with Crippen LogP contribution in [0, 0.1) is 6.92 Å². The minimum Gasteiger partial charge on any atom is -0.482 e. The summed E-state index contributed by atoms with van der Waals surface area (Å²) in [5.41, 5.74) is 1.72. The van der Waals surface area contributed by atoms with Crippen molar-refractivity contribution < 1.29 is 19.1 Å². The van der Waals surface area contributed by atoms with E-state index in [1.54, 1.807) is 6.92 Å². The number of benzene rings is 1. The van der Waals surface area contributed by atoms with E-state index < -0.39 is 12.1 Å². The molecule has 1 aromatic rings. The highest BCUT2D eigenvalue weighted by molar-refractivity contribution is 5.84. The van der Waals surface area contributed by atoms with E-state index in [-0.39, 0.29) is 24.0 Å². The molecule has 1 atom stereocenters. The van der Waals surface area contributed by atoms with Crippen LogP contribution in [-0.4, -0.2) is 30.1 Å². The Bertz CT molecular complexity index is 588. The SMILES string of the molecule is Cc1ccc(C(C)C)c(OCC(=O)OC(C)C(=O)NC(C)(C)C)c1. The van der Waals surface area contributed by atoms with Crippen molar-refractivity contribution in [1.82, 2.24) is 5.32 Å². The average Bonchev–Trinajstić information content (AvgIpc) is 2.42. The van der Waals surface area contributed by atoms with E-state index in [0.717, 1.165) is 11.1 Å². The number of carbonyl (C=O) groups excluding carboxylic acids is 2. The Kier molecular flexibility index (Phi) is 6.81. The standard InChI is InChI=1S/C19H29NO4/c1-12(2)15-9-8-13(3)10-16(15)23-11-17(21)24-14(4)18(22)20-19(5,6)7/h8-10,12,14H,11H2,1-7H3,(H,20,22). The van der Waals surface area contributed by atoms with Crippen molar-refractivity contribution in [3.63, 3.8) is 0 Å². The molecule has 0 aliphatic carbocycles. The number of aryl methyl sites for hydroxylation is 1. The average molecular weight is 335 g/mol. The zero-order valence-corrected chi connectivity index (χ0v) is 15.7. The molecule has 1 aromatic carbocycles. The maximum atomic E-state index is 11.9. The first-order chi connectivity index (χ1) is 11.0. The van der Waals surface area contributed by atoms with E-state index in [1.807, 2.05) is 45.9 Å². The minimum absolute atomic E-state index is 0.226. The van der Waals surface area contributed by atoms with Gasteiger partial charge in [-0.05, 0) is 57.7 Å². The zero-order chi connectivity index (χ0) is 18.5. The lowest BCUT2D eigenvalue weighted by atomic mass is 10.0. The van der Waals surface area contributed by atoms with Crippen LogP contribution in [0.4, 0.5) is 0 Å². The van der Waals surface area contributed by atoms with Gasteiger partial charge in [0.2, 0.25) is 0 Å². The van der Waals surface area contributed by atoms with Gasteiger partial charge in [-0.2, -0.15) is 0 Å². The van der Waals surface area contributed by atoms with Crippen LogP contribution in [0.15, 0.2) is 18.2 Å². The van der Waals surface area contributed by atoms with Crippen LogP contribution in [0.1, 0.15) is 58.6 Å². The lowest BCUT2D eigenvalue weighted by Gasteiger charge is -2.23. The molecule has 5 heteroatoms. The van der Waals surface area contributed by atoms with Gasteiger partial charge in [-0.1, -0.05) is 26.0 Å². The molecule has 0 fully saturated rings. The number of rotatable bonds is 6. The van der Waals surface area contributed by atoms with Gasteiger partial charge in [-0.15, -0.1) is 0 Å². The quantitative estimate of drug-likeness (QED) is 0.810. The van der Waals surface area contributed by atoms with E-state index in [2.05, 4.69) is 19.2 Å². The number of amides is 1. The fourth-order valence-electron chi connectivity index (χ4n) is 2.14. The molecule has 24 heavy (non-hydrogen) atoms. The summed E-state index contributed by atoms with van der Waals surface area (Å²) in [6, 6.07) is 5.91. The Morgan fingerprint density at radius 1 is 1.17 bits per heavy atom. The van der Waals surface area contributed by atoms with Crippen LogP contribution in [0.25, 0.3) is 0 Å². The smallest absolute Gasteiger partial charge is 0.344 e. The number of carbonyl (C=O) groups is 2. The predicted octanol–water partition coefficient (Wildman–Crippen LogP) is 3.34. The minimum atomic E-state index is -0.859. The van der Waals surface area contributed by atoms with Crippen molar-refractivity contribution in [3.05, 3.63) is 29.3 Å². The second-order valence-corrected chi connectivity index (χ2v) is 7.36. The van der Waals surface area contributed by atoms with E-state index in [9.17, 15) is 9.59 Å². The molecule has 5 nitrogen and oxygen atoms in total. The Morgan fingerprint density at radius 2 is 1.79 bits per heavy atom. The molecule has 0 saturated carbocycles. The zero-order valence-electron chi connectivity index (χ0n) is 15.7. The van der Waals surface area contributed by atoms with Crippen LogP contribution in [-0.2, 0) is 14.3 Å². The summed E-state index contributed by atoms with van der Waals surface area (Å²) in [7, 11) is 0. The topological polar surface area (TPSA) is 64.6 Å². The van der Waals surface area contributed by atoms with Gasteiger partial charge < -0.3 is 14.8 Å². The maximum Gasteiger partial charge on any atom is 0.344 e. The van der Waals surface area contributed by atoms with Gasteiger partial charge in [-0.3, -0.25) is 4.79 Å². The van der Waals surface area contributed by atoms with Gasteiger partial charge in [0.1, 0.15) is 5.75 Å². The molecule has 0 aliphatic heterocycles. The molecule has 0 radical (unpaired) electrons. The van der Waals surface area contributed by atoms with Crippen LogP contribution in [0.2, 0.25) is 0 Å². The maximum absolute atomic E-state index is 11.9. The first-order valence-corrected chi connectivity index (χ1v) is 8.24. The first kappa shape index (κ1) is 20.0. The van der Waals surface area contributed by atoms with Crippen molar-refractivity contribution in [1.29, 1.82) is 0 Å². The summed E-state index contributed by atoms with van der Waals surface area (Å²) in [4.78, 5) is 23.9. The Hall–Kier alpha value is -2.04. The van der Waals surface area contributed by atoms with Crippen molar-refractivity contribution in [2.45, 2.75) is 66.0 Å². The summed E-state index contributed by atoms with van der Waals surface area (Å²) in [6.45, 7) is 13.0. The lowest BCUT2D eigenvalue weighted by molar-refractivity contribution is -0.157. The largest absolute Gasteiger partial charge is 0.482 e. The molecular weight excluding hydrogens is 306 g/mol. The molecule has 0 spiro atoms. The molecule has 1 rings (SSSR count). The molecule has 1 N–H and O–H groups in total. The molecule has 0 bridgehead atoms. The van der Waals surface area contributed by atoms with E-state index in [1.165, 1.54) is 0 Å². The highest BCUT2D eigenvalue weighted by Crippen LogP contribution is 2.27. The number of ether oxygens (including phenoxy) is 2. The monoisotopic (exact) mass is 335 g/mol. The Morgan fingerprint density at radius 3 is 2.33 bits per heavy atom.